The van der Waals surface area contributed by atoms with Gasteiger partial charge in [0.15, 0.2) is 5.82 Å². The first-order valence-corrected chi connectivity index (χ1v) is 6.83. The van der Waals surface area contributed by atoms with Crippen molar-refractivity contribution < 1.29 is 4.39 Å². The first-order chi connectivity index (χ1) is 9.19. The van der Waals surface area contributed by atoms with Crippen LogP contribution in [0, 0.1) is 5.82 Å². The van der Waals surface area contributed by atoms with E-state index in [2.05, 4.69) is 15.3 Å². The topological polar surface area (TPSA) is 37.8 Å². The van der Waals surface area contributed by atoms with E-state index in [0.717, 1.165) is 10.2 Å². The van der Waals surface area contributed by atoms with Crippen LogP contribution in [0.4, 0.5) is 10.2 Å². The minimum Gasteiger partial charge on any atom is -0.372 e. The first kappa shape index (κ1) is 12.3. The fourth-order valence-corrected chi connectivity index (χ4v) is 2.76. The lowest BCUT2D eigenvalue weighted by molar-refractivity contribution is 0.630. The average molecular weight is 294 g/mol. The van der Waals surface area contributed by atoms with Crippen LogP contribution >= 0.6 is 22.9 Å². The van der Waals surface area contributed by atoms with Gasteiger partial charge in [0.05, 0.1) is 10.9 Å². The van der Waals surface area contributed by atoms with Crippen molar-refractivity contribution in [2.75, 3.05) is 12.4 Å². The van der Waals surface area contributed by atoms with Gasteiger partial charge in [-0.25, -0.2) is 14.4 Å². The summed E-state index contributed by atoms with van der Waals surface area (Å²) in [7, 11) is 1.78. The van der Waals surface area contributed by atoms with Gasteiger partial charge in [-0.2, -0.15) is 0 Å². The third-order valence-corrected chi connectivity index (χ3v) is 3.78. The second kappa shape index (κ2) is 4.75. The molecule has 3 aromatic rings. The van der Waals surface area contributed by atoms with Gasteiger partial charge in [0.1, 0.15) is 16.5 Å². The van der Waals surface area contributed by atoms with Crippen molar-refractivity contribution in [1.29, 1.82) is 0 Å². The molecule has 0 fully saturated rings. The highest BCUT2D eigenvalue weighted by molar-refractivity contribution is 7.16. The molecular weight excluding hydrogens is 285 g/mol. The van der Waals surface area contributed by atoms with E-state index in [0.29, 0.717) is 22.2 Å². The van der Waals surface area contributed by atoms with Crippen LogP contribution in [-0.2, 0) is 0 Å². The number of aromatic nitrogens is 2. The number of rotatable bonds is 2. The molecule has 96 valence electrons. The van der Waals surface area contributed by atoms with Crippen LogP contribution in [0.5, 0.6) is 0 Å². The van der Waals surface area contributed by atoms with Crippen molar-refractivity contribution in [2.24, 2.45) is 0 Å². The summed E-state index contributed by atoms with van der Waals surface area (Å²) >= 11 is 7.24. The zero-order valence-corrected chi connectivity index (χ0v) is 11.5. The van der Waals surface area contributed by atoms with Gasteiger partial charge in [0.25, 0.3) is 0 Å². The summed E-state index contributed by atoms with van der Waals surface area (Å²) < 4.78 is 13.9. The number of thiophene rings is 1. The van der Waals surface area contributed by atoms with Crippen LogP contribution in [-0.4, -0.2) is 17.0 Å². The maximum absolute atomic E-state index is 13.9. The highest BCUT2D eigenvalue weighted by atomic mass is 35.5. The van der Waals surface area contributed by atoms with Crippen molar-refractivity contribution in [2.45, 2.75) is 0 Å². The van der Waals surface area contributed by atoms with Crippen molar-refractivity contribution in [3.05, 3.63) is 40.5 Å². The van der Waals surface area contributed by atoms with Gasteiger partial charge in [-0.1, -0.05) is 11.6 Å². The summed E-state index contributed by atoms with van der Waals surface area (Å²) in [4.78, 5) is 9.57. The monoisotopic (exact) mass is 293 g/mol. The molecule has 0 bridgehead atoms. The number of hydrogen-bond donors (Lipinski definition) is 1. The fourth-order valence-electron chi connectivity index (χ4n) is 1.84. The smallest absolute Gasteiger partial charge is 0.166 e. The summed E-state index contributed by atoms with van der Waals surface area (Å²) in [5, 5.41) is 6.23. The molecule has 0 amide bonds. The lowest BCUT2D eigenvalue weighted by atomic mass is 10.2. The van der Waals surface area contributed by atoms with Gasteiger partial charge in [0.2, 0.25) is 0 Å². The molecule has 0 saturated heterocycles. The van der Waals surface area contributed by atoms with Crippen molar-refractivity contribution >= 4 is 39.0 Å². The van der Waals surface area contributed by atoms with Crippen LogP contribution in [0.15, 0.2) is 29.6 Å². The summed E-state index contributed by atoms with van der Waals surface area (Å²) in [6.45, 7) is 0. The summed E-state index contributed by atoms with van der Waals surface area (Å²) in [5.74, 6) is 0.620. The fraction of sp³-hybridized carbons (Fsp3) is 0.0769. The summed E-state index contributed by atoms with van der Waals surface area (Å²) in [6, 6.07) is 6.42. The second-order valence-corrected chi connectivity index (χ2v) is 5.24. The molecule has 0 aliphatic rings. The molecule has 0 unspecified atom stereocenters. The Morgan fingerprint density at radius 2 is 2.11 bits per heavy atom. The predicted octanol–water partition coefficient (Wildman–Crippen LogP) is 4.19. The maximum Gasteiger partial charge on any atom is 0.166 e. The Morgan fingerprint density at radius 3 is 2.84 bits per heavy atom. The molecule has 3 nitrogen and oxygen atoms in total. The molecule has 19 heavy (non-hydrogen) atoms. The highest BCUT2D eigenvalue weighted by Gasteiger charge is 2.13. The van der Waals surface area contributed by atoms with E-state index in [1.165, 1.54) is 17.4 Å². The lowest BCUT2D eigenvalue weighted by Crippen LogP contribution is -1.98. The van der Waals surface area contributed by atoms with Gasteiger partial charge >= 0.3 is 0 Å². The maximum atomic E-state index is 13.9. The molecule has 1 N–H and O–H groups in total. The van der Waals surface area contributed by atoms with Crippen LogP contribution in [0.2, 0.25) is 5.02 Å². The minimum atomic E-state index is -0.426. The third-order valence-electron chi connectivity index (χ3n) is 2.73. The van der Waals surface area contributed by atoms with E-state index in [-0.39, 0.29) is 0 Å². The average Bonchev–Trinajstić information content (AvgIpc) is 2.85. The molecule has 0 saturated carbocycles. The number of anilines is 1. The zero-order valence-electron chi connectivity index (χ0n) is 9.95. The quantitative estimate of drug-likeness (QED) is 0.770. The normalized spacial score (nSPS) is 10.9. The Labute approximate surface area is 118 Å². The van der Waals surface area contributed by atoms with E-state index in [1.807, 2.05) is 11.4 Å². The van der Waals surface area contributed by atoms with Crippen LogP contribution in [0.3, 0.4) is 0 Å². The number of nitrogens with one attached hydrogen (secondary N) is 1. The van der Waals surface area contributed by atoms with Crippen molar-refractivity contribution in [3.8, 4) is 11.4 Å². The van der Waals surface area contributed by atoms with Gasteiger partial charge in [-0.05, 0) is 29.6 Å². The highest BCUT2D eigenvalue weighted by Crippen LogP contribution is 2.29. The lowest BCUT2D eigenvalue weighted by Gasteiger charge is -2.06. The number of benzene rings is 1. The molecule has 0 aliphatic carbocycles. The number of fused-ring (bicyclic) bond motifs is 1. The molecule has 2 heterocycles. The first-order valence-electron chi connectivity index (χ1n) is 5.57. The zero-order chi connectivity index (χ0) is 13.4. The molecule has 1 aromatic carbocycles. The molecule has 0 spiro atoms. The number of halogens is 2. The van der Waals surface area contributed by atoms with E-state index in [4.69, 9.17) is 11.6 Å². The van der Waals surface area contributed by atoms with E-state index < -0.39 is 5.82 Å². The molecule has 3 rings (SSSR count). The van der Waals surface area contributed by atoms with Crippen molar-refractivity contribution in [1.82, 2.24) is 9.97 Å². The standard InChI is InChI=1S/C13H9ClFN3S/c1-16-11-9-4-5-19-13(9)18-12(17-11)8-3-2-7(14)6-10(8)15/h2-6H,1H3,(H,16,17,18). The van der Waals surface area contributed by atoms with Crippen LogP contribution in [0.25, 0.3) is 21.6 Å². The van der Waals surface area contributed by atoms with Gasteiger partial charge in [-0.3, -0.25) is 0 Å². The van der Waals surface area contributed by atoms with Gasteiger partial charge < -0.3 is 5.32 Å². The van der Waals surface area contributed by atoms with Gasteiger partial charge in [-0.15, -0.1) is 11.3 Å². The SMILES string of the molecule is CNc1nc(-c2ccc(Cl)cc2F)nc2sccc12. The third kappa shape index (κ3) is 2.15. The Kier molecular flexibility index (Phi) is 3.08. The van der Waals surface area contributed by atoms with Crippen LogP contribution < -0.4 is 5.32 Å². The van der Waals surface area contributed by atoms with E-state index in [1.54, 1.807) is 19.2 Å². The molecular formula is C13H9ClFN3S. The van der Waals surface area contributed by atoms with Crippen molar-refractivity contribution in [3.63, 3.8) is 0 Å². The number of hydrogen-bond acceptors (Lipinski definition) is 4. The predicted molar refractivity (Wildman–Crippen MR) is 77.4 cm³/mol. The summed E-state index contributed by atoms with van der Waals surface area (Å²) in [6.07, 6.45) is 0. The minimum absolute atomic E-state index is 0.344. The largest absolute Gasteiger partial charge is 0.372 e. The number of nitrogens with zero attached hydrogens (tertiary/aromatic N) is 2. The Hall–Kier alpha value is -1.72. The van der Waals surface area contributed by atoms with E-state index >= 15 is 0 Å². The molecule has 6 heteroatoms. The Bertz CT molecular complexity index is 757. The van der Waals surface area contributed by atoms with Gasteiger partial charge in [0, 0.05) is 12.1 Å². The molecule has 0 atom stereocenters. The second-order valence-electron chi connectivity index (χ2n) is 3.91. The molecule has 2 aromatic heterocycles. The molecule has 0 aliphatic heterocycles. The van der Waals surface area contributed by atoms with Crippen LogP contribution in [0.1, 0.15) is 0 Å². The molecule has 0 radical (unpaired) electrons. The Balaban J connectivity index is 2.24. The van der Waals surface area contributed by atoms with E-state index in [9.17, 15) is 4.39 Å². The summed E-state index contributed by atoms with van der Waals surface area (Å²) in [5.41, 5.74) is 0.344. The Morgan fingerprint density at radius 1 is 1.26 bits per heavy atom.